The molecule has 0 saturated carbocycles. The zero-order valence-electron chi connectivity index (χ0n) is 21.3. The van der Waals surface area contributed by atoms with E-state index in [9.17, 15) is 14.7 Å². The number of phenols is 1. The number of carbonyl (C=O) groups is 2. The fraction of sp³-hybridized carbons (Fsp3) is 0.0588. The highest BCUT2D eigenvalue weighted by Crippen LogP contribution is 2.24. The van der Waals surface area contributed by atoms with E-state index in [1.165, 1.54) is 12.1 Å². The molecule has 5 heteroatoms. The first kappa shape index (κ1) is 25.5. The van der Waals surface area contributed by atoms with E-state index in [4.69, 9.17) is 0 Å². The summed E-state index contributed by atoms with van der Waals surface area (Å²) < 4.78 is 0. The van der Waals surface area contributed by atoms with Crippen molar-refractivity contribution in [1.29, 1.82) is 0 Å². The minimum Gasteiger partial charge on any atom is -0.506 e. The predicted octanol–water partition coefficient (Wildman–Crippen LogP) is 6.59. The average Bonchev–Trinajstić information content (AvgIpc) is 3.00. The molecule has 192 valence electrons. The molecule has 0 atom stereocenters. The summed E-state index contributed by atoms with van der Waals surface area (Å²) in [6, 6.07) is 40.6. The van der Waals surface area contributed by atoms with Gasteiger partial charge in [-0.2, -0.15) is 0 Å². The van der Waals surface area contributed by atoms with Crippen LogP contribution in [0, 0.1) is 0 Å². The Hall–Kier alpha value is -5.16. The van der Waals surface area contributed by atoms with Gasteiger partial charge in [0, 0.05) is 13.1 Å². The summed E-state index contributed by atoms with van der Waals surface area (Å²) in [5.41, 5.74) is 6.38. The van der Waals surface area contributed by atoms with E-state index in [2.05, 4.69) is 10.6 Å². The van der Waals surface area contributed by atoms with Crippen LogP contribution < -0.4 is 10.6 Å². The molecule has 0 aliphatic rings. The number of hydrogen-bond acceptors (Lipinski definition) is 3. The number of carbonyl (C=O) groups excluding carboxylic acids is 2. The Balaban J connectivity index is 1.18. The van der Waals surface area contributed by atoms with Crippen LogP contribution in [0.4, 0.5) is 0 Å². The van der Waals surface area contributed by atoms with Crippen LogP contribution in [0.3, 0.4) is 0 Å². The maximum Gasteiger partial charge on any atom is 0.255 e. The average molecular weight is 513 g/mol. The third-order valence-corrected chi connectivity index (χ3v) is 6.55. The molecule has 0 aromatic heterocycles. The van der Waals surface area contributed by atoms with E-state index in [0.717, 1.165) is 33.4 Å². The standard InChI is InChI=1S/C34H28N2O3/c37-32-30(33(38)35-22-24-14-18-28(19-15-24)26-8-3-1-4-9-26)12-7-13-31(32)34(39)36-23-25-16-20-29(21-17-25)27-10-5-2-6-11-27/h1-21,37H,22-23H2,(H,35,38)(H,36,39). The van der Waals surface area contributed by atoms with Gasteiger partial charge in [-0.05, 0) is 45.5 Å². The molecule has 39 heavy (non-hydrogen) atoms. The van der Waals surface area contributed by atoms with Crippen molar-refractivity contribution in [2.45, 2.75) is 13.1 Å². The van der Waals surface area contributed by atoms with Gasteiger partial charge in [-0.25, -0.2) is 0 Å². The number of amides is 2. The molecule has 0 spiro atoms. The van der Waals surface area contributed by atoms with Gasteiger partial charge in [0.15, 0.2) is 0 Å². The van der Waals surface area contributed by atoms with Crippen LogP contribution in [-0.2, 0) is 13.1 Å². The van der Waals surface area contributed by atoms with Gasteiger partial charge in [0.2, 0.25) is 0 Å². The number of para-hydroxylation sites is 1. The number of rotatable bonds is 8. The number of benzene rings is 5. The quantitative estimate of drug-likeness (QED) is 0.220. The van der Waals surface area contributed by atoms with E-state index >= 15 is 0 Å². The molecule has 0 bridgehead atoms. The van der Waals surface area contributed by atoms with Gasteiger partial charge in [-0.3, -0.25) is 9.59 Å². The Morgan fingerprint density at radius 2 is 0.821 bits per heavy atom. The van der Waals surface area contributed by atoms with Crippen LogP contribution in [0.2, 0.25) is 0 Å². The molecule has 0 unspecified atom stereocenters. The highest BCUT2D eigenvalue weighted by atomic mass is 16.3. The molecule has 0 aliphatic carbocycles. The summed E-state index contributed by atoms with van der Waals surface area (Å²) in [5.74, 6) is -1.25. The molecule has 3 N–H and O–H groups in total. The van der Waals surface area contributed by atoms with Crippen molar-refractivity contribution >= 4 is 11.8 Å². The molecular formula is C34H28N2O3. The van der Waals surface area contributed by atoms with E-state index < -0.39 is 11.8 Å². The van der Waals surface area contributed by atoms with E-state index in [0.29, 0.717) is 13.1 Å². The van der Waals surface area contributed by atoms with Crippen molar-refractivity contribution in [3.63, 3.8) is 0 Å². The Bertz CT molecular complexity index is 1450. The molecule has 0 radical (unpaired) electrons. The topological polar surface area (TPSA) is 78.4 Å². The van der Waals surface area contributed by atoms with Crippen molar-refractivity contribution in [1.82, 2.24) is 10.6 Å². The molecule has 0 aliphatic heterocycles. The van der Waals surface area contributed by atoms with Gasteiger partial charge in [-0.1, -0.05) is 115 Å². The van der Waals surface area contributed by atoms with Crippen LogP contribution >= 0.6 is 0 Å². The van der Waals surface area contributed by atoms with Gasteiger partial charge in [-0.15, -0.1) is 0 Å². The molecule has 2 amide bonds. The molecule has 5 rings (SSSR count). The second kappa shape index (κ2) is 11.9. The fourth-order valence-corrected chi connectivity index (χ4v) is 4.36. The van der Waals surface area contributed by atoms with Gasteiger partial charge in [0.05, 0.1) is 11.1 Å². The Morgan fingerprint density at radius 1 is 0.462 bits per heavy atom. The van der Waals surface area contributed by atoms with Crippen molar-refractivity contribution in [3.05, 3.63) is 150 Å². The number of nitrogens with one attached hydrogen (secondary N) is 2. The van der Waals surface area contributed by atoms with Crippen LogP contribution in [0.25, 0.3) is 22.3 Å². The third kappa shape index (κ3) is 6.22. The van der Waals surface area contributed by atoms with Gasteiger partial charge >= 0.3 is 0 Å². The molecule has 5 aromatic carbocycles. The zero-order valence-corrected chi connectivity index (χ0v) is 21.3. The first-order valence-electron chi connectivity index (χ1n) is 12.8. The minimum absolute atomic E-state index is 0.0516. The minimum atomic E-state index is -0.453. The molecule has 0 saturated heterocycles. The number of hydrogen-bond donors (Lipinski definition) is 3. The Morgan fingerprint density at radius 3 is 1.21 bits per heavy atom. The molecule has 5 aromatic rings. The molecule has 0 fully saturated rings. The van der Waals surface area contributed by atoms with E-state index in [-0.39, 0.29) is 16.9 Å². The smallest absolute Gasteiger partial charge is 0.255 e. The lowest BCUT2D eigenvalue weighted by Gasteiger charge is -2.12. The van der Waals surface area contributed by atoms with Gasteiger partial charge in [0.1, 0.15) is 5.75 Å². The Kier molecular flexibility index (Phi) is 7.79. The predicted molar refractivity (Wildman–Crippen MR) is 154 cm³/mol. The largest absolute Gasteiger partial charge is 0.506 e. The summed E-state index contributed by atoms with van der Waals surface area (Å²) >= 11 is 0. The number of aromatic hydroxyl groups is 1. The van der Waals surface area contributed by atoms with Crippen molar-refractivity contribution in [2.75, 3.05) is 0 Å². The highest BCUT2D eigenvalue weighted by molar-refractivity contribution is 6.03. The van der Waals surface area contributed by atoms with Crippen molar-refractivity contribution in [3.8, 4) is 28.0 Å². The van der Waals surface area contributed by atoms with Gasteiger partial charge < -0.3 is 15.7 Å². The first-order valence-corrected chi connectivity index (χ1v) is 12.8. The Labute approximate surface area is 227 Å². The van der Waals surface area contributed by atoms with Crippen LogP contribution in [0.15, 0.2) is 127 Å². The van der Waals surface area contributed by atoms with E-state index in [1.54, 1.807) is 6.07 Å². The second-order valence-electron chi connectivity index (χ2n) is 9.19. The lowest BCUT2D eigenvalue weighted by molar-refractivity contribution is 0.0946. The monoisotopic (exact) mass is 512 g/mol. The van der Waals surface area contributed by atoms with Gasteiger partial charge in [0.25, 0.3) is 11.8 Å². The zero-order chi connectivity index (χ0) is 27.0. The highest BCUT2D eigenvalue weighted by Gasteiger charge is 2.18. The lowest BCUT2D eigenvalue weighted by atomic mass is 10.0. The fourth-order valence-electron chi connectivity index (χ4n) is 4.36. The number of phenolic OH excluding ortho intramolecular Hbond substituents is 1. The van der Waals surface area contributed by atoms with Crippen molar-refractivity contribution < 1.29 is 14.7 Å². The van der Waals surface area contributed by atoms with Crippen LogP contribution in [0.5, 0.6) is 5.75 Å². The summed E-state index contributed by atoms with van der Waals surface area (Å²) in [7, 11) is 0. The summed E-state index contributed by atoms with van der Waals surface area (Å²) in [6.07, 6.45) is 0. The third-order valence-electron chi connectivity index (χ3n) is 6.55. The van der Waals surface area contributed by atoms with Crippen molar-refractivity contribution in [2.24, 2.45) is 0 Å². The maximum absolute atomic E-state index is 12.8. The second-order valence-corrected chi connectivity index (χ2v) is 9.19. The SMILES string of the molecule is O=C(NCc1ccc(-c2ccccc2)cc1)c1cccc(C(=O)NCc2ccc(-c3ccccc3)cc2)c1O. The molecule has 0 heterocycles. The maximum atomic E-state index is 12.8. The normalized spacial score (nSPS) is 10.6. The summed E-state index contributed by atoms with van der Waals surface area (Å²) in [4.78, 5) is 25.7. The van der Waals surface area contributed by atoms with Crippen LogP contribution in [-0.4, -0.2) is 16.9 Å². The summed E-state index contributed by atoms with van der Waals surface area (Å²) in [5, 5.41) is 16.4. The molecule has 5 nitrogen and oxygen atoms in total. The lowest BCUT2D eigenvalue weighted by Crippen LogP contribution is -2.25. The first-order chi connectivity index (χ1) is 19.1. The van der Waals surface area contributed by atoms with E-state index in [1.807, 2.05) is 109 Å². The molecular weight excluding hydrogens is 484 g/mol. The summed E-state index contributed by atoms with van der Waals surface area (Å²) in [6.45, 7) is 0.589. The van der Waals surface area contributed by atoms with Crippen LogP contribution in [0.1, 0.15) is 31.8 Å².